The van der Waals surface area contributed by atoms with Crippen molar-refractivity contribution in [3.63, 3.8) is 0 Å². The Morgan fingerprint density at radius 1 is 0.792 bits per heavy atom. The van der Waals surface area contributed by atoms with Crippen molar-refractivity contribution in [1.82, 2.24) is 4.98 Å². The summed E-state index contributed by atoms with van der Waals surface area (Å²) in [6.45, 7) is 0. The number of hydrogen-bond donors (Lipinski definition) is 0. The Kier molecular flexibility index (Phi) is 3.89. The van der Waals surface area contributed by atoms with Crippen LogP contribution in [0.15, 0.2) is 77.2 Å². The molecule has 1 heterocycles. The van der Waals surface area contributed by atoms with Gasteiger partial charge in [0.25, 0.3) is 0 Å². The second-order valence-electron chi connectivity index (χ2n) is 5.49. The summed E-state index contributed by atoms with van der Waals surface area (Å²) in [6.07, 6.45) is 3.82. The van der Waals surface area contributed by atoms with Crippen LogP contribution in [0.1, 0.15) is 11.5 Å². The lowest BCUT2D eigenvalue weighted by Crippen LogP contribution is -1.77. The van der Waals surface area contributed by atoms with E-state index in [1.165, 1.54) is 5.56 Å². The zero-order valence-corrected chi connectivity index (χ0v) is 13.6. The fourth-order valence-electron chi connectivity index (χ4n) is 2.57. The Hall–Kier alpha value is -2.84. The normalized spacial score (nSPS) is 11.4. The Balaban J connectivity index is 1.64. The molecule has 116 valence electrons. The van der Waals surface area contributed by atoms with Gasteiger partial charge in [-0.05, 0) is 47.0 Å². The van der Waals surface area contributed by atoms with Gasteiger partial charge in [-0.3, -0.25) is 0 Å². The van der Waals surface area contributed by atoms with Gasteiger partial charge in [0.05, 0.1) is 0 Å². The summed E-state index contributed by atoms with van der Waals surface area (Å²) < 4.78 is 5.78. The lowest BCUT2D eigenvalue weighted by Gasteiger charge is -1.99. The van der Waals surface area contributed by atoms with E-state index in [0.717, 1.165) is 27.2 Å². The lowest BCUT2D eigenvalue weighted by molar-refractivity contribution is 0.590. The molecule has 0 amide bonds. The van der Waals surface area contributed by atoms with Crippen molar-refractivity contribution in [3.05, 3.63) is 89.3 Å². The van der Waals surface area contributed by atoms with Crippen LogP contribution in [0.3, 0.4) is 0 Å². The van der Waals surface area contributed by atoms with E-state index in [2.05, 4.69) is 23.2 Å². The van der Waals surface area contributed by atoms with E-state index in [0.29, 0.717) is 5.89 Å². The highest BCUT2D eigenvalue weighted by molar-refractivity contribution is 6.30. The molecule has 24 heavy (non-hydrogen) atoms. The van der Waals surface area contributed by atoms with Gasteiger partial charge in [0.15, 0.2) is 5.58 Å². The van der Waals surface area contributed by atoms with Gasteiger partial charge in [0.2, 0.25) is 5.89 Å². The third-order valence-electron chi connectivity index (χ3n) is 3.80. The maximum absolute atomic E-state index is 5.89. The Bertz CT molecular complexity index is 1000. The minimum Gasteiger partial charge on any atom is -0.437 e. The maximum Gasteiger partial charge on any atom is 0.220 e. The topological polar surface area (TPSA) is 26.0 Å². The van der Waals surface area contributed by atoms with E-state index >= 15 is 0 Å². The van der Waals surface area contributed by atoms with Crippen molar-refractivity contribution in [2.24, 2.45) is 0 Å². The standard InChI is InChI=1S/C21H14ClNO/c22-18-10-6-15(7-11-18)8-13-21-23-19-14-17(9-12-20(19)24-21)16-4-2-1-3-5-16/h1-14H/b13-8+. The first-order valence-electron chi connectivity index (χ1n) is 7.68. The first-order valence-corrected chi connectivity index (χ1v) is 8.05. The Morgan fingerprint density at radius 3 is 2.38 bits per heavy atom. The first-order chi connectivity index (χ1) is 11.8. The van der Waals surface area contributed by atoms with Crippen molar-refractivity contribution < 1.29 is 4.42 Å². The Morgan fingerprint density at radius 2 is 1.58 bits per heavy atom. The number of benzene rings is 3. The van der Waals surface area contributed by atoms with Gasteiger partial charge in [-0.1, -0.05) is 60.1 Å². The van der Waals surface area contributed by atoms with Crippen LogP contribution in [0.2, 0.25) is 5.02 Å². The summed E-state index contributed by atoms with van der Waals surface area (Å²) in [5, 5.41) is 0.724. The highest BCUT2D eigenvalue weighted by Gasteiger charge is 2.05. The molecule has 0 fully saturated rings. The molecule has 0 aliphatic heterocycles. The number of oxazole rings is 1. The fourth-order valence-corrected chi connectivity index (χ4v) is 2.69. The number of nitrogens with zero attached hydrogens (tertiary/aromatic N) is 1. The molecule has 4 rings (SSSR count). The maximum atomic E-state index is 5.89. The average molecular weight is 332 g/mol. The molecular formula is C21H14ClNO. The van der Waals surface area contributed by atoms with Crippen molar-refractivity contribution in [2.75, 3.05) is 0 Å². The molecule has 3 aromatic carbocycles. The second-order valence-corrected chi connectivity index (χ2v) is 5.92. The number of rotatable bonds is 3. The SMILES string of the molecule is Clc1ccc(/C=C/c2nc3cc(-c4ccccc4)ccc3o2)cc1. The smallest absolute Gasteiger partial charge is 0.220 e. The van der Waals surface area contributed by atoms with Crippen LogP contribution in [0.4, 0.5) is 0 Å². The zero-order chi connectivity index (χ0) is 16.4. The van der Waals surface area contributed by atoms with Crippen LogP contribution in [-0.2, 0) is 0 Å². The van der Waals surface area contributed by atoms with Gasteiger partial charge in [-0.15, -0.1) is 0 Å². The molecule has 0 radical (unpaired) electrons. The molecule has 0 aliphatic rings. The monoisotopic (exact) mass is 331 g/mol. The summed E-state index contributed by atoms with van der Waals surface area (Å²) in [6, 6.07) is 23.9. The molecule has 0 bridgehead atoms. The quantitative estimate of drug-likeness (QED) is 0.439. The molecule has 3 heteroatoms. The molecule has 0 atom stereocenters. The molecule has 0 spiro atoms. The van der Waals surface area contributed by atoms with Crippen molar-refractivity contribution in [2.45, 2.75) is 0 Å². The number of fused-ring (bicyclic) bond motifs is 1. The van der Waals surface area contributed by atoms with E-state index in [-0.39, 0.29) is 0 Å². The molecule has 4 aromatic rings. The van der Waals surface area contributed by atoms with Crippen LogP contribution in [-0.4, -0.2) is 4.98 Å². The first kappa shape index (κ1) is 14.7. The zero-order valence-electron chi connectivity index (χ0n) is 12.8. The minimum atomic E-state index is 0.588. The minimum absolute atomic E-state index is 0.588. The molecule has 2 nitrogen and oxygen atoms in total. The molecule has 0 saturated carbocycles. The molecule has 0 unspecified atom stereocenters. The van der Waals surface area contributed by atoms with Gasteiger partial charge in [0.1, 0.15) is 5.52 Å². The lowest BCUT2D eigenvalue weighted by atomic mass is 10.1. The highest BCUT2D eigenvalue weighted by Crippen LogP contribution is 2.25. The van der Waals surface area contributed by atoms with Crippen molar-refractivity contribution >= 4 is 34.9 Å². The molecule has 0 saturated heterocycles. The fraction of sp³-hybridized carbons (Fsp3) is 0. The van der Waals surface area contributed by atoms with Crippen LogP contribution in [0.25, 0.3) is 34.4 Å². The van der Waals surface area contributed by atoms with Crippen LogP contribution in [0, 0.1) is 0 Å². The largest absolute Gasteiger partial charge is 0.437 e. The number of aromatic nitrogens is 1. The van der Waals surface area contributed by atoms with Gasteiger partial charge in [-0.25, -0.2) is 4.98 Å². The second kappa shape index (κ2) is 6.34. The molecule has 0 aliphatic carbocycles. The van der Waals surface area contributed by atoms with Crippen molar-refractivity contribution in [1.29, 1.82) is 0 Å². The highest BCUT2D eigenvalue weighted by atomic mass is 35.5. The van der Waals surface area contributed by atoms with E-state index in [9.17, 15) is 0 Å². The van der Waals surface area contributed by atoms with Gasteiger partial charge >= 0.3 is 0 Å². The third-order valence-corrected chi connectivity index (χ3v) is 4.05. The summed E-state index contributed by atoms with van der Waals surface area (Å²) in [4.78, 5) is 4.55. The predicted molar refractivity (Wildman–Crippen MR) is 99.8 cm³/mol. The summed E-state index contributed by atoms with van der Waals surface area (Å²) in [5.41, 5.74) is 4.98. The predicted octanol–water partition coefficient (Wildman–Crippen LogP) is 6.32. The van der Waals surface area contributed by atoms with Crippen molar-refractivity contribution in [3.8, 4) is 11.1 Å². The van der Waals surface area contributed by atoms with Gasteiger partial charge in [0, 0.05) is 11.1 Å². The number of hydrogen-bond acceptors (Lipinski definition) is 2. The summed E-state index contributed by atoms with van der Waals surface area (Å²) in [7, 11) is 0. The molecular weight excluding hydrogens is 318 g/mol. The van der Waals surface area contributed by atoms with E-state index in [4.69, 9.17) is 16.0 Å². The van der Waals surface area contributed by atoms with E-state index in [1.807, 2.05) is 66.7 Å². The van der Waals surface area contributed by atoms with E-state index in [1.54, 1.807) is 0 Å². The summed E-state index contributed by atoms with van der Waals surface area (Å²) in [5.74, 6) is 0.588. The average Bonchev–Trinajstić information content (AvgIpc) is 3.04. The van der Waals surface area contributed by atoms with Gasteiger partial charge in [-0.2, -0.15) is 0 Å². The number of halogens is 1. The summed E-state index contributed by atoms with van der Waals surface area (Å²) >= 11 is 5.89. The van der Waals surface area contributed by atoms with Gasteiger partial charge < -0.3 is 4.42 Å². The van der Waals surface area contributed by atoms with Crippen LogP contribution in [0.5, 0.6) is 0 Å². The van der Waals surface area contributed by atoms with Crippen LogP contribution >= 0.6 is 11.6 Å². The Labute approximate surface area is 145 Å². The molecule has 0 N–H and O–H groups in total. The third kappa shape index (κ3) is 3.10. The van der Waals surface area contributed by atoms with Crippen LogP contribution < -0.4 is 0 Å². The molecule has 1 aromatic heterocycles. The van der Waals surface area contributed by atoms with E-state index < -0.39 is 0 Å².